The third-order valence-corrected chi connectivity index (χ3v) is 5.44. The Morgan fingerprint density at radius 3 is 2.43 bits per heavy atom. The first-order chi connectivity index (χ1) is 9.81. The van der Waals surface area contributed by atoms with E-state index in [9.17, 15) is 13.2 Å². The Kier molecular flexibility index (Phi) is 4.68. The predicted molar refractivity (Wildman–Crippen MR) is 81.5 cm³/mol. The van der Waals surface area contributed by atoms with Crippen LogP contribution in [0.3, 0.4) is 0 Å². The van der Waals surface area contributed by atoms with Crippen LogP contribution in [0.4, 0.5) is 0 Å². The molecule has 0 spiro atoms. The van der Waals surface area contributed by atoms with Gasteiger partial charge < -0.3 is 4.90 Å². The minimum Gasteiger partial charge on any atom is -0.341 e. The van der Waals surface area contributed by atoms with Crippen molar-refractivity contribution in [2.24, 2.45) is 0 Å². The number of sulfonamides is 1. The SMILES string of the molecule is Cc1ccc(S(=O)(=O)N[C@@H](C)C(=O)N2CCCC2)c(C)c1. The van der Waals surface area contributed by atoms with E-state index in [1.807, 2.05) is 13.0 Å². The summed E-state index contributed by atoms with van der Waals surface area (Å²) in [5.41, 5.74) is 1.69. The third kappa shape index (κ3) is 3.63. The molecule has 1 saturated heterocycles. The van der Waals surface area contributed by atoms with Crippen LogP contribution < -0.4 is 4.72 Å². The number of benzene rings is 1. The predicted octanol–water partition coefficient (Wildman–Crippen LogP) is 1.59. The van der Waals surface area contributed by atoms with Crippen LogP contribution >= 0.6 is 0 Å². The molecule has 1 fully saturated rings. The van der Waals surface area contributed by atoms with Gasteiger partial charge in [-0.05, 0) is 45.2 Å². The highest BCUT2D eigenvalue weighted by Gasteiger charge is 2.27. The van der Waals surface area contributed by atoms with E-state index in [1.54, 1.807) is 30.9 Å². The molecular formula is C15H22N2O3S. The van der Waals surface area contributed by atoms with E-state index in [-0.39, 0.29) is 10.8 Å². The monoisotopic (exact) mass is 310 g/mol. The van der Waals surface area contributed by atoms with Gasteiger partial charge in [-0.2, -0.15) is 4.72 Å². The van der Waals surface area contributed by atoms with Gasteiger partial charge >= 0.3 is 0 Å². The number of amides is 1. The summed E-state index contributed by atoms with van der Waals surface area (Å²) in [5.74, 6) is -0.152. The van der Waals surface area contributed by atoms with Crippen LogP contribution in [0.5, 0.6) is 0 Å². The lowest BCUT2D eigenvalue weighted by atomic mass is 10.2. The molecule has 6 heteroatoms. The van der Waals surface area contributed by atoms with Crippen molar-refractivity contribution in [2.75, 3.05) is 13.1 Å². The van der Waals surface area contributed by atoms with Crippen molar-refractivity contribution in [2.45, 2.75) is 44.6 Å². The topological polar surface area (TPSA) is 66.5 Å². The highest BCUT2D eigenvalue weighted by atomic mass is 32.2. The van der Waals surface area contributed by atoms with Gasteiger partial charge in [-0.3, -0.25) is 4.79 Å². The summed E-state index contributed by atoms with van der Waals surface area (Å²) in [6.45, 7) is 6.70. The largest absolute Gasteiger partial charge is 0.341 e. The second-order valence-electron chi connectivity index (χ2n) is 5.64. The normalized spacial score (nSPS) is 17.0. The number of rotatable bonds is 4. The minimum atomic E-state index is -3.68. The number of likely N-dealkylation sites (tertiary alicyclic amines) is 1. The highest BCUT2D eigenvalue weighted by molar-refractivity contribution is 7.89. The molecule has 1 atom stereocenters. The van der Waals surface area contributed by atoms with Crippen molar-refractivity contribution < 1.29 is 13.2 Å². The number of hydrogen-bond donors (Lipinski definition) is 1. The maximum absolute atomic E-state index is 12.4. The van der Waals surface area contributed by atoms with E-state index in [4.69, 9.17) is 0 Å². The zero-order chi connectivity index (χ0) is 15.6. The van der Waals surface area contributed by atoms with Gasteiger partial charge in [0.2, 0.25) is 15.9 Å². The molecule has 1 aromatic rings. The summed E-state index contributed by atoms with van der Waals surface area (Å²) in [4.78, 5) is 14.1. The van der Waals surface area contributed by atoms with Gasteiger partial charge in [0.15, 0.2) is 0 Å². The number of nitrogens with zero attached hydrogens (tertiary/aromatic N) is 1. The molecule has 0 unspecified atom stereocenters. The number of carbonyl (C=O) groups excluding carboxylic acids is 1. The summed E-state index contributed by atoms with van der Waals surface area (Å²) in [7, 11) is -3.68. The van der Waals surface area contributed by atoms with Gasteiger partial charge in [0, 0.05) is 13.1 Å². The number of hydrogen-bond acceptors (Lipinski definition) is 3. The molecule has 0 radical (unpaired) electrons. The van der Waals surface area contributed by atoms with E-state index in [0.717, 1.165) is 18.4 Å². The van der Waals surface area contributed by atoms with Gasteiger partial charge in [-0.25, -0.2) is 8.42 Å². The summed E-state index contributed by atoms with van der Waals surface area (Å²) >= 11 is 0. The zero-order valence-electron chi connectivity index (χ0n) is 12.7. The molecule has 21 heavy (non-hydrogen) atoms. The van der Waals surface area contributed by atoms with Gasteiger partial charge in [0.1, 0.15) is 0 Å². The second kappa shape index (κ2) is 6.15. The van der Waals surface area contributed by atoms with Gasteiger partial charge in [0.05, 0.1) is 10.9 Å². The Morgan fingerprint density at radius 2 is 1.86 bits per heavy atom. The Labute approximate surface area is 126 Å². The molecule has 0 aromatic heterocycles. The summed E-state index contributed by atoms with van der Waals surface area (Å²) in [5, 5.41) is 0. The lowest BCUT2D eigenvalue weighted by Gasteiger charge is -2.21. The van der Waals surface area contributed by atoms with Crippen molar-refractivity contribution in [1.82, 2.24) is 9.62 Å². The molecule has 0 aliphatic carbocycles. The third-order valence-electron chi connectivity index (χ3n) is 3.74. The minimum absolute atomic E-state index is 0.152. The molecular weight excluding hydrogens is 288 g/mol. The highest BCUT2D eigenvalue weighted by Crippen LogP contribution is 2.17. The average Bonchev–Trinajstić information content (AvgIpc) is 2.90. The molecule has 0 saturated carbocycles. The molecule has 5 nitrogen and oxygen atoms in total. The van der Waals surface area contributed by atoms with Crippen molar-refractivity contribution in [3.8, 4) is 0 Å². The molecule has 2 rings (SSSR count). The van der Waals surface area contributed by atoms with Crippen molar-refractivity contribution in [1.29, 1.82) is 0 Å². The van der Waals surface area contributed by atoms with E-state index < -0.39 is 16.1 Å². The fourth-order valence-corrected chi connectivity index (χ4v) is 4.08. The Morgan fingerprint density at radius 1 is 1.24 bits per heavy atom. The second-order valence-corrected chi connectivity index (χ2v) is 7.33. The molecule has 1 aromatic carbocycles. The van der Waals surface area contributed by atoms with Crippen LogP contribution in [0.2, 0.25) is 0 Å². The summed E-state index contributed by atoms with van der Waals surface area (Å²) < 4.78 is 27.3. The van der Waals surface area contributed by atoms with E-state index in [1.165, 1.54) is 0 Å². The van der Waals surface area contributed by atoms with E-state index in [0.29, 0.717) is 18.7 Å². The Hall–Kier alpha value is -1.40. The Bertz CT molecular complexity index is 634. The van der Waals surface area contributed by atoms with Crippen LogP contribution in [-0.2, 0) is 14.8 Å². The fraction of sp³-hybridized carbons (Fsp3) is 0.533. The molecule has 1 heterocycles. The molecule has 1 aliphatic heterocycles. The van der Waals surface area contributed by atoms with Crippen molar-refractivity contribution in [3.63, 3.8) is 0 Å². The Balaban J connectivity index is 2.14. The maximum Gasteiger partial charge on any atom is 0.241 e. The van der Waals surface area contributed by atoms with Crippen LogP contribution in [-0.4, -0.2) is 38.4 Å². The molecule has 116 valence electrons. The summed E-state index contributed by atoms with van der Waals surface area (Å²) in [6, 6.07) is 4.42. The number of nitrogens with one attached hydrogen (secondary N) is 1. The lowest BCUT2D eigenvalue weighted by molar-refractivity contribution is -0.131. The first-order valence-electron chi connectivity index (χ1n) is 7.19. The summed E-state index contributed by atoms with van der Waals surface area (Å²) in [6.07, 6.45) is 1.98. The molecule has 1 amide bonds. The number of aryl methyl sites for hydroxylation is 2. The average molecular weight is 310 g/mol. The fourth-order valence-electron chi connectivity index (χ4n) is 2.66. The van der Waals surface area contributed by atoms with Gasteiger partial charge in [-0.15, -0.1) is 0 Å². The number of carbonyl (C=O) groups is 1. The van der Waals surface area contributed by atoms with Gasteiger partial charge in [0.25, 0.3) is 0 Å². The van der Waals surface area contributed by atoms with Crippen LogP contribution in [0.1, 0.15) is 30.9 Å². The van der Waals surface area contributed by atoms with Crippen LogP contribution in [0, 0.1) is 13.8 Å². The standard InChI is InChI=1S/C15H22N2O3S/c1-11-6-7-14(12(2)10-11)21(19,20)16-13(3)15(18)17-8-4-5-9-17/h6-7,10,13,16H,4-5,8-9H2,1-3H3/t13-/m0/s1. The zero-order valence-corrected chi connectivity index (χ0v) is 13.5. The van der Waals surface area contributed by atoms with Crippen LogP contribution in [0.15, 0.2) is 23.1 Å². The maximum atomic E-state index is 12.4. The smallest absolute Gasteiger partial charge is 0.241 e. The quantitative estimate of drug-likeness (QED) is 0.918. The first-order valence-corrected chi connectivity index (χ1v) is 8.68. The van der Waals surface area contributed by atoms with Crippen LogP contribution in [0.25, 0.3) is 0 Å². The lowest BCUT2D eigenvalue weighted by Crippen LogP contribution is -2.45. The first kappa shape index (κ1) is 16.0. The molecule has 1 aliphatic rings. The van der Waals surface area contributed by atoms with Crippen molar-refractivity contribution in [3.05, 3.63) is 29.3 Å². The van der Waals surface area contributed by atoms with Gasteiger partial charge in [-0.1, -0.05) is 17.7 Å². The molecule has 0 bridgehead atoms. The van der Waals surface area contributed by atoms with E-state index >= 15 is 0 Å². The molecule has 1 N–H and O–H groups in total. The van der Waals surface area contributed by atoms with E-state index in [2.05, 4.69) is 4.72 Å². The van der Waals surface area contributed by atoms with Crippen molar-refractivity contribution >= 4 is 15.9 Å².